The highest BCUT2D eigenvalue weighted by atomic mass is 15.2. The summed E-state index contributed by atoms with van der Waals surface area (Å²) in [5, 5.41) is 3.64. The van der Waals surface area contributed by atoms with Crippen molar-refractivity contribution in [2.24, 2.45) is 5.92 Å². The van der Waals surface area contributed by atoms with Gasteiger partial charge >= 0.3 is 0 Å². The summed E-state index contributed by atoms with van der Waals surface area (Å²) in [4.78, 5) is 2.59. The SMILES string of the molecule is C#CCC(CC)N1CCCNC(C(C)C)C1. The zero-order valence-electron chi connectivity index (χ0n) is 11.0. The number of nitrogens with one attached hydrogen (secondary N) is 1. The molecule has 0 bridgehead atoms. The summed E-state index contributed by atoms with van der Waals surface area (Å²) in [5.41, 5.74) is 0. The van der Waals surface area contributed by atoms with Crippen LogP contribution in [0.2, 0.25) is 0 Å². The Labute approximate surface area is 101 Å². The number of hydrogen-bond acceptors (Lipinski definition) is 2. The van der Waals surface area contributed by atoms with Crippen molar-refractivity contribution < 1.29 is 0 Å². The van der Waals surface area contributed by atoms with Gasteiger partial charge < -0.3 is 5.32 Å². The van der Waals surface area contributed by atoms with Crippen molar-refractivity contribution in [3.63, 3.8) is 0 Å². The molecule has 1 fully saturated rings. The summed E-state index contributed by atoms with van der Waals surface area (Å²) < 4.78 is 0. The van der Waals surface area contributed by atoms with Gasteiger partial charge in [-0.25, -0.2) is 0 Å². The van der Waals surface area contributed by atoms with Crippen LogP contribution in [0.15, 0.2) is 0 Å². The van der Waals surface area contributed by atoms with E-state index in [4.69, 9.17) is 6.42 Å². The Morgan fingerprint density at radius 3 is 2.81 bits per heavy atom. The highest BCUT2D eigenvalue weighted by Gasteiger charge is 2.24. The molecule has 1 N–H and O–H groups in total. The smallest absolute Gasteiger partial charge is 0.0242 e. The average Bonchev–Trinajstić information content (AvgIpc) is 2.51. The summed E-state index contributed by atoms with van der Waals surface area (Å²) >= 11 is 0. The van der Waals surface area contributed by atoms with Crippen LogP contribution in [0.1, 0.15) is 40.0 Å². The third-order valence-electron chi connectivity index (χ3n) is 3.61. The number of rotatable bonds is 4. The third-order valence-corrected chi connectivity index (χ3v) is 3.61. The molecule has 0 radical (unpaired) electrons. The predicted molar refractivity (Wildman–Crippen MR) is 70.3 cm³/mol. The molecule has 0 aromatic rings. The maximum Gasteiger partial charge on any atom is 0.0242 e. The van der Waals surface area contributed by atoms with Gasteiger partial charge in [0.25, 0.3) is 0 Å². The molecule has 0 spiro atoms. The van der Waals surface area contributed by atoms with Gasteiger partial charge in [-0.1, -0.05) is 20.8 Å². The maximum atomic E-state index is 5.45. The second-order valence-corrected chi connectivity index (χ2v) is 5.12. The van der Waals surface area contributed by atoms with Crippen molar-refractivity contribution >= 4 is 0 Å². The maximum absolute atomic E-state index is 5.45. The summed E-state index contributed by atoms with van der Waals surface area (Å²) in [5.74, 6) is 3.52. The third kappa shape index (κ3) is 3.81. The van der Waals surface area contributed by atoms with E-state index in [2.05, 4.69) is 36.9 Å². The fraction of sp³-hybridized carbons (Fsp3) is 0.857. The van der Waals surface area contributed by atoms with Crippen molar-refractivity contribution in [3.05, 3.63) is 0 Å². The fourth-order valence-corrected chi connectivity index (χ4v) is 2.42. The van der Waals surface area contributed by atoms with Gasteiger partial charge in [-0.05, 0) is 31.8 Å². The largest absolute Gasteiger partial charge is 0.312 e. The van der Waals surface area contributed by atoms with Gasteiger partial charge in [0.05, 0.1) is 0 Å². The molecule has 2 atom stereocenters. The highest BCUT2D eigenvalue weighted by Crippen LogP contribution is 2.15. The first-order valence-corrected chi connectivity index (χ1v) is 6.59. The quantitative estimate of drug-likeness (QED) is 0.733. The van der Waals surface area contributed by atoms with Crippen molar-refractivity contribution in [2.45, 2.75) is 52.1 Å². The van der Waals surface area contributed by atoms with E-state index in [0.29, 0.717) is 18.0 Å². The van der Waals surface area contributed by atoms with Gasteiger partial charge in [-0.2, -0.15) is 0 Å². The van der Waals surface area contributed by atoms with Crippen molar-refractivity contribution in [1.29, 1.82) is 0 Å². The average molecular weight is 222 g/mol. The van der Waals surface area contributed by atoms with E-state index in [1.165, 1.54) is 13.0 Å². The van der Waals surface area contributed by atoms with E-state index in [1.54, 1.807) is 0 Å². The number of terminal acetylenes is 1. The van der Waals surface area contributed by atoms with Gasteiger partial charge in [0.15, 0.2) is 0 Å². The van der Waals surface area contributed by atoms with E-state index < -0.39 is 0 Å². The first-order valence-electron chi connectivity index (χ1n) is 6.59. The Morgan fingerprint density at radius 2 is 2.25 bits per heavy atom. The van der Waals surface area contributed by atoms with Crippen molar-refractivity contribution in [2.75, 3.05) is 19.6 Å². The van der Waals surface area contributed by atoms with Crippen LogP contribution in [0.4, 0.5) is 0 Å². The summed E-state index contributed by atoms with van der Waals surface area (Å²) in [6.07, 6.45) is 8.75. The monoisotopic (exact) mass is 222 g/mol. The van der Waals surface area contributed by atoms with E-state index in [9.17, 15) is 0 Å². The van der Waals surface area contributed by atoms with Crippen LogP contribution in [0.3, 0.4) is 0 Å². The molecule has 1 saturated heterocycles. The molecule has 1 aliphatic heterocycles. The van der Waals surface area contributed by atoms with Gasteiger partial charge in [-0.15, -0.1) is 12.3 Å². The lowest BCUT2D eigenvalue weighted by Crippen LogP contribution is -2.44. The zero-order valence-corrected chi connectivity index (χ0v) is 11.0. The zero-order chi connectivity index (χ0) is 12.0. The first kappa shape index (κ1) is 13.5. The minimum atomic E-state index is 0.575. The molecule has 0 aromatic heterocycles. The van der Waals surface area contributed by atoms with Crippen LogP contribution in [0.25, 0.3) is 0 Å². The minimum Gasteiger partial charge on any atom is -0.312 e. The number of nitrogens with zero attached hydrogens (tertiary/aromatic N) is 1. The Morgan fingerprint density at radius 1 is 1.50 bits per heavy atom. The molecule has 0 aromatic carbocycles. The topological polar surface area (TPSA) is 15.3 Å². The predicted octanol–water partition coefficient (Wildman–Crippen LogP) is 2.11. The lowest BCUT2D eigenvalue weighted by Gasteiger charge is -2.32. The van der Waals surface area contributed by atoms with Gasteiger partial charge in [0.2, 0.25) is 0 Å². The van der Waals surface area contributed by atoms with E-state index >= 15 is 0 Å². The lowest BCUT2D eigenvalue weighted by atomic mass is 10.0. The molecular formula is C14H26N2. The van der Waals surface area contributed by atoms with Crippen molar-refractivity contribution in [1.82, 2.24) is 10.2 Å². The summed E-state index contributed by atoms with van der Waals surface area (Å²) in [6.45, 7) is 10.3. The second kappa shape index (κ2) is 6.93. The summed E-state index contributed by atoms with van der Waals surface area (Å²) in [7, 11) is 0. The second-order valence-electron chi connectivity index (χ2n) is 5.12. The van der Waals surface area contributed by atoms with Crippen LogP contribution in [0, 0.1) is 18.3 Å². The standard InChI is InChI=1S/C14H26N2/c1-5-8-13(6-2)16-10-7-9-15-14(11-16)12(3)4/h1,12-15H,6-11H2,2-4H3. The fourth-order valence-electron chi connectivity index (χ4n) is 2.42. The molecule has 2 unspecified atom stereocenters. The normalized spacial score (nSPS) is 25.1. The molecule has 2 nitrogen and oxygen atoms in total. The summed E-state index contributed by atoms with van der Waals surface area (Å²) in [6, 6.07) is 1.19. The Balaban J connectivity index is 2.59. The minimum absolute atomic E-state index is 0.575. The van der Waals surface area contributed by atoms with E-state index in [0.717, 1.165) is 25.9 Å². The molecular weight excluding hydrogens is 196 g/mol. The van der Waals surface area contributed by atoms with Crippen LogP contribution in [0.5, 0.6) is 0 Å². The Hall–Kier alpha value is -0.520. The molecule has 1 aliphatic rings. The van der Waals surface area contributed by atoms with Crippen LogP contribution < -0.4 is 5.32 Å². The molecule has 0 saturated carbocycles. The van der Waals surface area contributed by atoms with Crippen LogP contribution in [-0.4, -0.2) is 36.6 Å². The van der Waals surface area contributed by atoms with Crippen LogP contribution >= 0.6 is 0 Å². The number of hydrogen-bond donors (Lipinski definition) is 1. The lowest BCUT2D eigenvalue weighted by molar-refractivity contribution is 0.178. The van der Waals surface area contributed by atoms with E-state index in [1.807, 2.05) is 0 Å². The van der Waals surface area contributed by atoms with Gasteiger partial charge in [-0.3, -0.25) is 4.90 Å². The molecule has 0 aliphatic carbocycles. The Kier molecular flexibility index (Phi) is 5.87. The first-order chi connectivity index (χ1) is 7.69. The van der Waals surface area contributed by atoms with Gasteiger partial charge in [0, 0.05) is 25.0 Å². The molecule has 2 heteroatoms. The van der Waals surface area contributed by atoms with E-state index in [-0.39, 0.29) is 0 Å². The van der Waals surface area contributed by atoms with Gasteiger partial charge in [0.1, 0.15) is 0 Å². The molecule has 92 valence electrons. The van der Waals surface area contributed by atoms with Crippen molar-refractivity contribution in [3.8, 4) is 12.3 Å². The molecule has 0 amide bonds. The highest BCUT2D eigenvalue weighted by molar-refractivity contribution is 4.92. The molecule has 16 heavy (non-hydrogen) atoms. The Bertz CT molecular complexity index is 229. The van der Waals surface area contributed by atoms with Crippen LogP contribution in [-0.2, 0) is 0 Å². The molecule has 1 rings (SSSR count). The molecule has 1 heterocycles.